The molecule has 0 fully saturated rings. The molecule has 0 atom stereocenters. The van der Waals surface area contributed by atoms with Crippen LogP contribution < -0.4 is 0 Å². The summed E-state index contributed by atoms with van der Waals surface area (Å²) in [4.78, 5) is 0. The Hall–Kier alpha value is -1.91. The van der Waals surface area contributed by atoms with E-state index in [0.29, 0.717) is 10.3 Å². The number of fused-ring (bicyclic) bond motifs is 1. The van der Waals surface area contributed by atoms with Gasteiger partial charge in [0.2, 0.25) is 0 Å². The molecule has 1 heterocycles. The number of nitriles is 2. The molecule has 0 bridgehead atoms. The first-order valence-corrected chi connectivity index (χ1v) is 4.66. The molecule has 0 saturated carbocycles. The van der Waals surface area contributed by atoms with Crippen LogP contribution in [0.25, 0.3) is 10.1 Å². The molecule has 0 N–H and O–H groups in total. The second-order valence-electron chi connectivity index (χ2n) is 2.67. The summed E-state index contributed by atoms with van der Waals surface area (Å²) in [5.41, 5.74) is 0.270. The monoisotopic (exact) mass is 202 g/mol. The van der Waals surface area contributed by atoms with Crippen molar-refractivity contribution < 1.29 is 4.39 Å². The Morgan fingerprint density at radius 2 is 1.86 bits per heavy atom. The van der Waals surface area contributed by atoms with E-state index < -0.39 is 5.82 Å². The quantitative estimate of drug-likeness (QED) is 0.659. The van der Waals surface area contributed by atoms with Gasteiger partial charge in [-0.15, -0.1) is 11.3 Å². The van der Waals surface area contributed by atoms with Crippen molar-refractivity contribution in [3.63, 3.8) is 0 Å². The smallest absolute Gasteiger partial charge is 0.150 e. The first-order valence-electron chi connectivity index (χ1n) is 3.78. The molecular formula is C10H3FN2S. The minimum atomic E-state index is -0.595. The van der Waals surface area contributed by atoms with Gasteiger partial charge < -0.3 is 0 Å². The summed E-state index contributed by atoms with van der Waals surface area (Å²) in [5, 5.41) is 19.2. The second-order valence-corrected chi connectivity index (χ2v) is 3.58. The number of benzene rings is 1. The molecule has 2 nitrogen and oxygen atoms in total. The predicted molar refractivity (Wildman–Crippen MR) is 51.2 cm³/mol. The zero-order valence-corrected chi connectivity index (χ0v) is 7.73. The van der Waals surface area contributed by atoms with E-state index in [2.05, 4.69) is 0 Å². The Morgan fingerprint density at radius 3 is 2.50 bits per heavy atom. The van der Waals surface area contributed by atoms with Gasteiger partial charge in [-0.05, 0) is 12.1 Å². The lowest BCUT2D eigenvalue weighted by Gasteiger charge is -1.95. The van der Waals surface area contributed by atoms with Crippen molar-refractivity contribution in [2.75, 3.05) is 0 Å². The Bertz CT molecular complexity index is 586. The lowest BCUT2D eigenvalue weighted by atomic mass is 10.1. The van der Waals surface area contributed by atoms with Crippen molar-refractivity contribution >= 4 is 21.4 Å². The molecule has 0 aliphatic rings. The molecule has 0 amide bonds. The van der Waals surface area contributed by atoms with E-state index >= 15 is 0 Å². The number of nitrogens with zero attached hydrogens (tertiary/aromatic N) is 2. The maximum atomic E-state index is 13.6. The maximum absolute atomic E-state index is 13.6. The number of hydrogen-bond acceptors (Lipinski definition) is 3. The van der Waals surface area contributed by atoms with Gasteiger partial charge >= 0.3 is 0 Å². The van der Waals surface area contributed by atoms with E-state index in [0.717, 1.165) is 0 Å². The fourth-order valence-corrected chi connectivity index (χ4v) is 2.14. The molecule has 0 radical (unpaired) electrons. The highest BCUT2D eigenvalue weighted by Crippen LogP contribution is 2.29. The van der Waals surface area contributed by atoms with E-state index in [1.165, 1.54) is 17.4 Å². The molecule has 0 saturated heterocycles. The SMILES string of the molecule is N#Cc1ccc2scc(C#N)c2c1F. The Labute approximate surface area is 83.4 Å². The third kappa shape index (κ3) is 1.06. The van der Waals surface area contributed by atoms with Crippen LogP contribution in [-0.4, -0.2) is 0 Å². The van der Waals surface area contributed by atoms with E-state index in [1.807, 2.05) is 6.07 Å². The average Bonchev–Trinajstić information content (AvgIpc) is 2.62. The summed E-state index contributed by atoms with van der Waals surface area (Å²) in [7, 11) is 0. The summed E-state index contributed by atoms with van der Waals surface area (Å²) in [6.07, 6.45) is 0. The standard InChI is InChI=1S/C10H3FN2S/c11-10-6(3-12)1-2-8-9(10)7(4-13)5-14-8/h1-2,5H. The first kappa shape index (κ1) is 8.68. The molecule has 14 heavy (non-hydrogen) atoms. The van der Waals surface area contributed by atoms with Gasteiger partial charge in [-0.25, -0.2) is 4.39 Å². The van der Waals surface area contributed by atoms with E-state index in [9.17, 15) is 4.39 Å². The van der Waals surface area contributed by atoms with Gasteiger partial charge in [0.15, 0.2) is 5.82 Å². The largest absolute Gasteiger partial charge is 0.205 e. The van der Waals surface area contributed by atoms with Crippen LogP contribution in [0.4, 0.5) is 4.39 Å². The molecule has 66 valence electrons. The van der Waals surface area contributed by atoms with Crippen LogP contribution in [0.1, 0.15) is 11.1 Å². The van der Waals surface area contributed by atoms with Crippen LogP contribution in [0, 0.1) is 28.5 Å². The third-order valence-electron chi connectivity index (χ3n) is 1.92. The second kappa shape index (κ2) is 3.10. The topological polar surface area (TPSA) is 47.6 Å². The van der Waals surface area contributed by atoms with Gasteiger partial charge in [0.1, 0.15) is 12.1 Å². The van der Waals surface area contributed by atoms with Crippen molar-refractivity contribution in [3.8, 4) is 12.1 Å². The maximum Gasteiger partial charge on any atom is 0.150 e. The van der Waals surface area contributed by atoms with Crippen LogP contribution >= 0.6 is 11.3 Å². The molecule has 1 aromatic carbocycles. The van der Waals surface area contributed by atoms with Crippen LogP contribution in [0.3, 0.4) is 0 Å². The summed E-state index contributed by atoms with van der Waals surface area (Å²) in [5.74, 6) is -0.595. The van der Waals surface area contributed by atoms with Crippen molar-refractivity contribution in [2.45, 2.75) is 0 Å². The summed E-state index contributed by atoms with van der Waals surface area (Å²) >= 11 is 1.30. The van der Waals surface area contributed by atoms with Gasteiger partial charge in [-0.1, -0.05) is 0 Å². The lowest BCUT2D eigenvalue weighted by Crippen LogP contribution is -1.84. The van der Waals surface area contributed by atoms with Gasteiger partial charge in [-0.2, -0.15) is 10.5 Å². The van der Waals surface area contributed by atoms with Crippen molar-refractivity contribution in [3.05, 3.63) is 34.5 Å². The predicted octanol–water partition coefficient (Wildman–Crippen LogP) is 2.78. The Balaban J connectivity index is 2.94. The minimum absolute atomic E-state index is 0.0209. The number of hydrogen-bond donors (Lipinski definition) is 0. The van der Waals surface area contributed by atoms with Crippen LogP contribution in [0.15, 0.2) is 17.5 Å². The van der Waals surface area contributed by atoms with Gasteiger partial charge in [0.05, 0.1) is 11.1 Å². The summed E-state index contributed by atoms with van der Waals surface area (Å²) in [6, 6.07) is 6.73. The Kier molecular flexibility index (Phi) is 1.92. The first-order chi connectivity index (χ1) is 6.77. The van der Waals surface area contributed by atoms with Gasteiger partial charge in [-0.3, -0.25) is 0 Å². The van der Waals surface area contributed by atoms with Crippen LogP contribution in [0.2, 0.25) is 0 Å². The highest BCUT2D eigenvalue weighted by atomic mass is 32.1. The van der Waals surface area contributed by atoms with Crippen LogP contribution in [0.5, 0.6) is 0 Å². The fourth-order valence-electron chi connectivity index (χ4n) is 1.26. The molecule has 0 aliphatic heterocycles. The molecule has 0 unspecified atom stereocenters. The molecule has 2 aromatic rings. The van der Waals surface area contributed by atoms with E-state index in [4.69, 9.17) is 10.5 Å². The molecule has 0 spiro atoms. The number of thiophene rings is 1. The number of halogens is 1. The van der Waals surface area contributed by atoms with Gasteiger partial charge in [0.25, 0.3) is 0 Å². The third-order valence-corrected chi connectivity index (χ3v) is 2.87. The minimum Gasteiger partial charge on any atom is -0.205 e. The van der Waals surface area contributed by atoms with Crippen molar-refractivity contribution in [1.82, 2.24) is 0 Å². The molecule has 4 heteroatoms. The highest BCUT2D eigenvalue weighted by molar-refractivity contribution is 7.17. The van der Waals surface area contributed by atoms with Gasteiger partial charge in [0, 0.05) is 15.5 Å². The highest BCUT2D eigenvalue weighted by Gasteiger charge is 2.12. The molecule has 2 rings (SSSR count). The Morgan fingerprint density at radius 1 is 1.14 bits per heavy atom. The lowest BCUT2D eigenvalue weighted by molar-refractivity contribution is 0.636. The molecule has 1 aromatic heterocycles. The van der Waals surface area contributed by atoms with E-state index in [-0.39, 0.29) is 10.9 Å². The zero-order chi connectivity index (χ0) is 10.1. The van der Waals surface area contributed by atoms with E-state index in [1.54, 1.807) is 17.5 Å². The van der Waals surface area contributed by atoms with Crippen molar-refractivity contribution in [1.29, 1.82) is 10.5 Å². The summed E-state index contributed by atoms with van der Waals surface area (Å²) < 4.78 is 14.3. The fraction of sp³-hybridized carbons (Fsp3) is 0. The zero-order valence-electron chi connectivity index (χ0n) is 6.91. The normalized spacial score (nSPS) is 9.64. The van der Waals surface area contributed by atoms with Crippen molar-refractivity contribution in [2.24, 2.45) is 0 Å². The molecular weight excluding hydrogens is 199 g/mol. The average molecular weight is 202 g/mol. The van der Waals surface area contributed by atoms with Crippen LogP contribution in [-0.2, 0) is 0 Å². The number of rotatable bonds is 0. The molecule has 0 aliphatic carbocycles. The summed E-state index contributed by atoms with van der Waals surface area (Å²) in [6.45, 7) is 0.